The summed E-state index contributed by atoms with van der Waals surface area (Å²) in [5, 5.41) is 8.93. The Morgan fingerprint density at radius 2 is 1.94 bits per heavy atom. The van der Waals surface area contributed by atoms with E-state index in [0.29, 0.717) is 25.9 Å². The van der Waals surface area contributed by atoms with Crippen LogP contribution in [0.4, 0.5) is 28.9 Å². The van der Waals surface area contributed by atoms with Crippen LogP contribution in [0.2, 0.25) is 0 Å². The summed E-state index contributed by atoms with van der Waals surface area (Å²) in [5.74, 6) is -1.04. The Hall–Kier alpha value is -3.23. The van der Waals surface area contributed by atoms with Gasteiger partial charge in [0.1, 0.15) is 5.54 Å². The number of amides is 1. The first-order chi connectivity index (χ1) is 16.4. The smallest absolute Gasteiger partial charge is 0.417 e. The van der Waals surface area contributed by atoms with Gasteiger partial charge < -0.3 is 14.4 Å². The lowest BCUT2D eigenvalue weighted by Gasteiger charge is -2.29. The predicted octanol–water partition coefficient (Wildman–Crippen LogP) is 5.05. The number of hydrogen-bond acceptors (Lipinski definition) is 5. The van der Waals surface area contributed by atoms with E-state index in [1.54, 1.807) is 13.8 Å². The Kier molecular flexibility index (Phi) is 6.46. The summed E-state index contributed by atoms with van der Waals surface area (Å²) in [6.07, 6.45) is -3.97. The number of thiocarbonyl (C=S) groups is 1. The maximum Gasteiger partial charge on any atom is 0.417 e. The van der Waals surface area contributed by atoms with Crippen LogP contribution in [-0.4, -0.2) is 36.4 Å². The molecule has 2 aliphatic rings. The molecule has 0 bridgehead atoms. The summed E-state index contributed by atoms with van der Waals surface area (Å²) in [5.41, 5.74) is -2.96. The van der Waals surface area contributed by atoms with Crippen molar-refractivity contribution in [3.63, 3.8) is 0 Å². The SMILES string of the molecule is CC1(C)C(=O)N(c2ccc(C#N)c(C(F)(F)F)c2)C(=S)N1c1ccc(OCC2CCOC2)c(F)c1. The molecule has 6 nitrogen and oxygen atoms in total. The van der Waals surface area contributed by atoms with Crippen molar-refractivity contribution < 1.29 is 31.8 Å². The molecule has 0 radical (unpaired) electrons. The molecule has 1 unspecified atom stereocenters. The number of nitrogens with zero attached hydrogens (tertiary/aromatic N) is 3. The first-order valence-corrected chi connectivity index (χ1v) is 11.2. The zero-order valence-electron chi connectivity index (χ0n) is 18.9. The molecule has 0 spiro atoms. The Morgan fingerprint density at radius 1 is 1.23 bits per heavy atom. The van der Waals surface area contributed by atoms with Crippen LogP contribution in [0.3, 0.4) is 0 Å². The van der Waals surface area contributed by atoms with Gasteiger partial charge in [0, 0.05) is 24.3 Å². The fraction of sp³-hybridized carbons (Fsp3) is 0.375. The summed E-state index contributed by atoms with van der Waals surface area (Å²) in [4.78, 5) is 15.6. The standard InChI is InChI=1S/C24H21F4N3O3S/c1-23(2)21(32)30(16-4-3-15(11-29)18(9-16)24(26,27)28)22(35)31(23)17-5-6-20(19(25)10-17)34-13-14-7-8-33-12-14/h3-6,9-10,14H,7-8,12-13H2,1-2H3. The fourth-order valence-corrected chi connectivity index (χ4v) is 4.65. The van der Waals surface area contributed by atoms with E-state index < -0.39 is 34.6 Å². The number of alkyl halides is 3. The van der Waals surface area contributed by atoms with Gasteiger partial charge >= 0.3 is 6.18 Å². The van der Waals surface area contributed by atoms with Crippen LogP contribution in [0, 0.1) is 23.1 Å². The van der Waals surface area contributed by atoms with E-state index in [2.05, 4.69) is 0 Å². The van der Waals surface area contributed by atoms with Crippen LogP contribution >= 0.6 is 12.2 Å². The van der Waals surface area contributed by atoms with Gasteiger partial charge in [-0.3, -0.25) is 9.69 Å². The van der Waals surface area contributed by atoms with Crippen LogP contribution in [0.15, 0.2) is 36.4 Å². The number of carbonyl (C=O) groups is 1. The first kappa shape index (κ1) is 24.9. The molecule has 0 aliphatic carbocycles. The predicted molar refractivity (Wildman–Crippen MR) is 124 cm³/mol. The average Bonchev–Trinajstić information content (AvgIpc) is 3.37. The lowest BCUT2D eigenvalue weighted by atomic mass is 10.0. The van der Waals surface area contributed by atoms with E-state index >= 15 is 0 Å². The number of rotatable bonds is 5. The minimum atomic E-state index is -4.80. The highest BCUT2D eigenvalue weighted by atomic mass is 32.1. The highest BCUT2D eigenvalue weighted by Crippen LogP contribution is 2.40. The van der Waals surface area contributed by atoms with Crippen LogP contribution < -0.4 is 14.5 Å². The fourth-order valence-electron chi connectivity index (χ4n) is 4.13. The Bertz CT molecular complexity index is 1220. The van der Waals surface area contributed by atoms with E-state index in [1.165, 1.54) is 35.2 Å². The first-order valence-electron chi connectivity index (χ1n) is 10.8. The van der Waals surface area contributed by atoms with Gasteiger partial charge in [0.05, 0.1) is 36.1 Å². The largest absolute Gasteiger partial charge is 0.490 e. The second-order valence-corrected chi connectivity index (χ2v) is 9.18. The van der Waals surface area contributed by atoms with Crippen molar-refractivity contribution in [1.82, 2.24) is 0 Å². The Balaban J connectivity index is 1.64. The highest BCUT2D eigenvalue weighted by Gasteiger charge is 2.51. The van der Waals surface area contributed by atoms with Crippen LogP contribution in [0.1, 0.15) is 31.4 Å². The molecule has 2 aliphatic heterocycles. The molecular formula is C24H21F4N3O3S. The van der Waals surface area contributed by atoms with Gasteiger partial charge in [-0.25, -0.2) is 4.39 Å². The number of hydrogen-bond donors (Lipinski definition) is 0. The number of benzene rings is 2. The number of carbonyl (C=O) groups excluding carboxylic acids is 1. The molecule has 0 N–H and O–H groups in total. The molecule has 35 heavy (non-hydrogen) atoms. The van der Waals surface area contributed by atoms with Crippen molar-refractivity contribution in [2.75, 3.05) is 29.6 Å². The molecule has 4 rings (SSSR count). The summed E-state index contributed by atoms with van der Waals surface area (Å²) in [6, 6.07) is 8.57. The van der Waals surface area contributed by atoms with E-state index in [9.17, 15) is 22.4 Å². The van der Waals surface area contributed by atoms with Crippen molar-refractivity contribution in [2.24, 2.45) is 5.92 Å². The molecule has 184 valence electrons. The minimum Gasteiger partial charge on any atom is -0.490 e. The lowest BCUT2D eigenvalue weighted by Crippen LogP contribution is -2.44. The molecule has 2 heterocycles. The zero-order valence-corrected chi connectivity index (χ0v) is 19.7. The lowest BCUT2D eigenvalue weighted by molar-refractivity contribution is -0.137. The van der Waals surface area contributed by atoms with Gasteiger partial charge in [-0.2, -0.15) is 18.4 Å². The number of ether oxygens (including phenoxy) is 2. The molecule has 2 aromatic carbocycles. The molecule has 0 aromatic heterocycles. The minimum absolute atomic E-state index is 0.0358. The van der Waals surface area contributed by atoms with Crippen molar-refractivity contribution in [3.8, 4) is 11.8 Å². The van der Waals surface area contributed by atoms with E-state index in [-0.39, 0.29) is 28.2 Å². The van der Waals surface area contributed by atoms with Gasteiger partial charge in [-0.1, -0.05) is 0 Å². The molecule has 11 heteroatoms. The van der Waals surface area contributed by atoms with Crippen LogP contribution in [0.5, 0.6) is 5.75 Å². The molecule has 2 fully saturated rings. The number of anilines is 2. The van der Waals surface area contributed by atoms with Gasteiger partial charge in [-0.05, 0) is 62.8 Å². The zero-order chi connectivity index (χ0) is 25.5. The van der Waals surface area contributed by atoms with Crippen LogP contribution in [-0.2, 0) is 15.7 Å². The third-order valence-electron chi connectivity index (χ3n) is 6.03. The average molecular weight is 508 g/mol. The van der Waals surface area contributed by atoms with Gasteiger partial charge in [0.15, 0.2) is 16.7 Å². The highest BCUT2D eigenvalue weighted by molar-refractivity contribution is 7.81. The summed E-state index contributed by atoms with van der Waals surface area (Å²) in [6.45, 7) is 4.58. The third-order valence-corrected chi connectivity index (χ3v) is 6.39. The topological polar surface area (TPSA) is 65.8 Å². The summed E-state index contributed by atoms with van der Waals surface area (Å²) >= 11 is 5.47. The van der Waals surface area contributed by atoms with Gasteiger partial charge in [0.25, 0.3) is 5.91 Å². The Labute approximate surface area is 204 Å². The molecule has 1 atom stereocenters. The van der Waals surface area contributed by atoms with E-state index in [4.69, 9.17) is 27.0 Å². The second-order valence-electron chi connectivity index (χ2n) is 8.81. The Morgan fingerprint density at radius 3 is 2.54 bits per heavy atom. The maximum absolute atomic E-state index is 14.9. The van der Waals surface area contributed by atoms with Crippen LogP contribution in [0.25, 0.3) is 0 Å². The maximum atomic E-state index is 14.9. The number of halogens is 4. The van der Waals surface area contributed by atoms with Gasteiger partial charge in [0.2, 0.25) is 0 Å². The molecule has 0 saturated carbocycles. The normalized spacial score (nSPS) is 19.9. The molecule has 1 amide bonds. The van der Waals surface area contributed by atoms with Gasteiger partial charge in [-0.15, -0.1) is 0 Å². The number of nitriles is 1. The molecule has 2 aromatic rings. The van der Waals surface area contributed by atoms with Crippen molar-refractivity contribution in [1.29, 1.82) is 5.26 Å². The molecule has 2 saturated heterocycles. The quantitative estimate of drug-likeness (QED) is 0.417. The molecular weight excluding hydrogens is 486 g/mol. The second kappa shape index (κ2) is 9.09. The van der Waals surface area contributed by atoms with E-state index in [1.807, 2.05) is 0 Å². The monoisotopic (exact) mass is 507 g/mol. The third kappa shape index (κ3) is 4.56. The summed E-state index contributed by atoms with van der Waals surface area (Å²) in [7, 11) is 0. The van der Waals surface area contributed by atoms with E-state index in [0.717, 1.165) is 17.4 Å². The summed E-state index contributed by atoms with van der Waals surface area (Å²) < 4.78 is 66.2. The van der Waals surface area contributed by atoms with Crippen molar-refractivity contribution >= 4 is 34.6 Å². The van der Waals surface area contributed by atoms with Crippen molar-refractivity contribution in [3.05, 3.63) is 53.3 Å². The van der Waals surface area contributed by atoms with Crippen molar-refractivity contribution in [2.45, 2.75) is 32.0 Å².